The summed E-state index contributed by atoms with van der Waals surface area (Å²) in [7, 11) is 0.444. The van der Waals surface area contributed by atoms with Crippen molar-refractivity contribution in [2.24, 2.45) is 0 Å². The number of hydrogen-bond donors (Lipinski definition) is 2. The predicted octanol–water partition coefficient (Wildman–Crippen LogP) is 2.18. The van der Waals surface area contributed by atoms with Crippen LogP contribution >= 0.6 is 15.9 Å². The number of benzene rings is 1. The molecular formula is C14H22BrN3O2S. The average molecular weight is 376 g/mol. The van der Waals surface area contributed by atoms with Gasteiger partial charge in [-0.05, 0) is 61.1 Å². The van der Waals surface area contributed by atoms with Gasteiger partial charge in [-0.3, -0.25) is 0 Å². The molecule has 1 aliphatic carbocycles. The largest absolute Gasteiger partial charge is 0.399 e. The molecule has 1 saturated carbocycles. The molecule has 2 rings (SSSR count). The molecule has 0 atom stereocenters. The zero-order chi connectivity index (χ0) is 15.7. The fourth-order valence-electron chi connectivity index (χ4n) is 2.85. The monoisotopic (exact) mass is 375 g/mol. The van der Waals surface area contributed by atoms with Gasteiger partial charge in [0, 0.05) is 22.2 Å². The van der Waals surface area contributed by atoms with E-state index in [1.54, 1.807) is 12.1 Å². The van der Waals surface area contributed by atoms with Crippen molar-refractivity contribution in [3.8, 4) is 0 Å². The molecule has 1 aromatic carbocycles. The molecule has 0 amide bonds. The molecule has 0 radical (unpaired) electrons. The third-order valence-corrected chi connectivity index (χ3v) is 6.71. The third-order valence-electron chi connectivity index (χ3n) is 4.32. The Morgan fingerprint density at radius 3 is 2.52 bits per heavy atom. The fourth-order valence-corrected chi connectivity index (χ4v) is 4.96. The minimum absolute atomic E-state index is 0.0835. The van der Waals surface area contributed by atoms with Crippen LogP contribution in [-0.2, 0) is 10.0 Å². The maximum absolute atomic E-state index is 12.5. The third kappa shape index (κ3) is 3.59. The van der Waals surface area contributed by atoms with Crippen LogP contribution in [0.1, 0.15) is 25.7 Å². The van der Waals surface area contributed by atoms with Crippen molar-refractivity contribution in [3.63, 3.8) is 0 Å². The van der Waals surface area contributed by atoms with E-state index in [0.717, 1.165) is 25.7 Å². The van der Waals surface area contributed by atoms with Crippen LogP contribution in [0.3, 0.4) is 0 Å². The van der Waals surface area contributed by atoms with Crippen molar-refractivity contribution in [2.45, 2.75) is 36.1 Å². The van der Waals surface area contributed by atoms with Gasteiger partial charge in [0.15, 0.2) is 0 Å². The molecule has 7 heteroatoms. The lowest BCUT2D eigenvalue weighted by Crippen LogP contribution is -2.50. The molecule has 118 valence electrons. The summed E-state index contributed by atoms with van der Waals surface area (Å²) in [5, 5.41) is 0. The highest BCUT2D eigenvalue weighted by molar-refractivity contribution is 9.10. The molecule has 3 N–H and O–H groups in total. The van der Waals surface area contributed by atoms with Crippen molar-refractivity contribution in [1.82, 2.24) is 9.62 Å². The van der Waals surface area contributed by atoms with Crippen LogP contribution in [0.4, 0.5) is 5.69 Å². The van der Waals surface area contributed by atoms with E-state index in [1.807, 2.05) is 14.1 Å². The van der Waals surface area contributed by atoms with E-state index in [0.29, 0.717) is 16.7 Å². The smallest absolute Gasteiger partial charge is 0.241 e. The second kappa shape index (κ2) is 6.24. The second-order valence-corrected chi connectivity index (χ2v) is 8.43. The number of halogens is 1. The van der Waals surface area contributed by atoms with E-state index < -0.39 is 10.0 Å². The van der Waals surface area contributed by atoms with E-state index >= 15 is 0 Å². The molecule has 1 fully saturated rings. The normalized spacial score (nSPS) is 18.3. The van der Waals surface area contributed by atoms with Crippen LogP contribution in [0.15, 0.2) is 27.6 Å². The van der Waals surface area contributed by atoms with Gasteiger partial charge in [-0.2, -0.15) is 0 Å². The summed E-state index contributed by atoms with van der Waals surface area (Å²) in [5.41, 5.74) is 6.04. The molecule has 1 aromatic rings. The van der Waals surface area contributed by atoms with Gasteiger partial charge in [0.1, 0.15) is 0 Å². The molecule has 5 nitrogen and oxygen atoms in total. The number of anilines is 1. The number of hydrogen-bond acceptors (Lipinski definition) is 4. The Morgan fingerprint density at radius 1 is 1.33 bits per heavy atom. The topological polar surface area (TPSA) is 75.4 Å². The van der Waals surface area contributed by atoms with Gasteiger partial charge in [0.2, 0.25) is 10.0 Å². The summed E-state index contributed by atoms with van der Waals surface area (Å²) in [6.45, 7) is 0.420. The van der Waals surface area contributed by atoms with E-state index in [-0.39, 0.29) is 10.4 Å². The van der Waals surface area contributed by atoms with Crippen LogP contribution in [-0.4, -0.2) is 39.5 Å². The first-order valence-corrected chi connectivity index (χ1v) is 9.27. The van der Waals surface area contributed by atoms with Gasteiger partial charge in [0.05, 0.1) is 4.90 Å². The first-order chi connectivity index (χ1) is 9.77. The molecule has 0 aromatic heterocycles. The van der Waals surface area contributed by atoms with Crippen LogP contribution in [0, 0.1) is 0 Å². The second-order valence-electron chi connectivity index (χ2n) is 5.84. The lowest BCUT2D eigenvalue weighted by Gasteiger charge is -2.36. The summed E-state index contributed by atoms with van der Waals surface area (Å²) in [5.74, 6) is 0. The molecule has 0 saturated heterocycles. The van der Waals surface area contributed by atoms with Crippen LogP contribution < -0.4 is 10.5 Å². The number of rotatable bonds is 5. The van der Waals surface area contributed by atoms with Crippen LogP contribution in [0.25, 0.3) is 0 Å². The molecular weight excluding hydrogens is 354 g/mol. The fraction of sp³-hybridized carbons (Fsp3) is 0.571. The molecule has 21 heavy (non-hydrogen) atoms. The summed E-state index contributed by atoms with van der Waals surface area (Å²) in [6, 6.07) is 4.80. The molecule has 0 heterocycles. The number of nitrogens with one attached hydrogen (secondary N) is 1. The first kappa shape index (κ1) is 16.7. The molecule has 0 spiro atoms. The van der Waals surface area contributed by atoms with Gasteiger partial charge < -0.3 is 10.6 Å². The summed E-state index contributed by atoms with van der Waals surface area (Å²) in [4.78, 5) is 2.33. The van der Waals surface area contributed by atoms with Crippen molar-refractivity contribution in [3.05, 3.63) is 22.7 Å². The maximum atomic E-state index is 12.5. The lowest BCUT2D eigenvalue weighted by molar-refractivity contribution is 0.162. The zero-order valence-corrected chi connectivity index (χ0v) is 14.8. The Kier molecular flexibility index (Phi) is 4.97. The quantitative estimate of drug-likeness (QED) is 0.773. The minimum atomic E-state index is -3.58. The molecule has 0 unspecified atom stereocenters. The van der Waals surface area contributed by atoms with Gasteiger partial charge >= 0.3 is 0 Å². The van der Waals surface area contributed by atoms with E-state index in [9.17, 15) is 8.42 Å². The number of nitrogens with zero attached hydrogens (tertiary/aromatic N) is 1. The van der Waals surface area contributed by atoms with Crippen molar-refractivity contribution >= 4 is 31.6 Å². The van der Waals surface area contributed by atoms with Gasteiger partial charge in [0.25, 0.3) is 0 Å². The number of likely N-dealkylation sites (N-methyl/N-ethyl adjacent to an activating group) is 1. The highest BCUT2D eigenvalue weighted by Crippen LogP contribution is 2.33. The van der Waals surface area contributed by atoms with Crippen molar-refractivity contribution in [1.29, 1.82) is 0 Å². The number of sulfonamides is 1. The van der Waals surface area contributed by atoms with Gasteiger partial charge in [-0.1, -0.05) is 12.8 Å². The van der Waals surface area contributed by atoms with E-state index in [1.165, 1.54) is 6.07 Å². The summed E-state index contributed by atoms with van der Waals surface area (Å²) < 4.78 is 28.3. The Balaban J connectivity index is 2.20. The van der Waals surface area contributed by atoms with Crippen molar-refractivity contribution in [2.75, 3.05) is 26.4 Å². The summed E-state index contributed by atoms with van der Waals surface area (Å²) in [6.07, 6.45) is 4.31. The zero-order valence-electron chi connectivity index (χ0n) is 12.4. The average Bonchev–Trinajstić information content (AvgIpc) is 2.89. The highest BCUT2D eigenvalue weighted by Gasteiger charge is 2.37. The standard InChI is InChI=1S/C14H22BrN3O2S/c1-18(2)14(7-3-4-8-14)10-17-21(19,20)13-9-11(16)5-6-12(13)15/h5-6,9,17H,3-4,7-8,10,16H2,1-2H3. The Labute approximate surface area is 135 Å². The lowest BCUT2D eigenvalue weighted by atomic mass is 9.97. The molecule has 1 aliphatic rings. The van der Waals surface area contributed by atoms with Gasteiger partial charge in [-0.15, -0.1) is 0 Å². The van der Waals surface area contributed by atoms with Gasteiger partial charge in [-0.25, -0.2) is 13.1 Å². The molecule has 0 aliphatic heterocycles. The Bertz CT molecular complexity index is 611. The molecule has 0 bridgehead atoms. The highest BCUT2D eigenvalue weighted by atomic mass is 79.9. The number of nitrogen functional groups attached to an aromatic ring is 1. The van der Waals surface area contributed by atoms with E-state index in [2.05, 4.69) is 25.6 Å². The minimum Gasteiger partial charge on any atom is -0.399 e. The maximum Gasteiger partial charge on any atom is 0.241 e. The van der Waals surface area contributed by atoms with Crippen LogP contribution in [0.2, 0.25) is 0 Å². The first-order valence-electron chi connectivity index (χ1n) is 6.99. The summed E-state index contributed by atoms with van der Waals surface area (Å²) >= 11 is 3.28. The van der Waals surface area contributed by atoms with Crippen LogP contribution in [0.5, 0.6) is 0 Å². The van der Waals surface area contributed by atoms with Crippen molar-refractivity contribution < 1.29 is 8.42 Å². The van der Waals surface area contributed by atoms with E-state index in [4.69, 9.17) is 5.73 Å². The SMILES string of the molecule is CN(C)C1(CNS(=O)(=O)c2cc(N)ccc2Br)CCCC1. The number of nitrogens with two attached hydrogens (primary N) is 1. The Hall–Kier alpha value is -0.630. The Morgan fingerprint density at radius 2 is 1.95 bits per heavy atom. The predicted molar refractivity (Wildman–Crippen MR) is 88.6 cm³/mol.